The van der Waals surface area contributed by atoms with Crippen molar-refractivity contribution >= 4 is 5.91 Å². The Morgan fingerprint density at radius 3 is 2.57 bits per heavy atom. The van der Waals surface area contributed by atoms with Gasteiger partial charge in [-0.2, -0.15) is 5.10 Å². The van der Waals surface area contributed by atoms with Crippen molar-refractivity contribution < 1.29 is 9.53 Å². The van der Waals surface area contributed by atoms with Gasteiger partial charge in [0.25, 0.3) is 5.91 Å². The highest BCUT2D eigenvalue weighted by Crippen LogP contribution is 2.15. The molecular formula is C15H18N4O2. The summed E-state index contributed by atoms with van der Waals surface area (Å²) < 4.78 is 6.83. The molecule has 1 aliphatic rings. The minimum absolute atomic E-state index is 0.0104. The lowest BCUT2D eigenvalue weighted by molar-refractivity contribution is 0.0729. The quantitative estimate of drug-likeness (QED) is 0.912. The zero-order valence-electron chi connectivity index (χ0n) is 12.0. The number of nitrogens with one attached hydrogen (secondary N) is 1. The molecule has 2 heterocycles. The van der Waals surface area contributed by atoms with E-state index in [4.69, 9.17) is 4.74 Å². The van der Waals surface area contributed by atoms with Crippen LogP contribution in [0.2, 0.25) is 0 Å². The van der Waals surface area contributed by atoms with Gasteiger partial charge in [-0.15, -0.1) is 0 Å². The highest BCUT2D eigenvalue weighted by atomic mass is 16.5. The standard InChI is InChI=1S/C15H18N4O2/c1-21-13-4-2-12(3-5-13)19-9-6-14(17-19)15(20)18-10-7-16-8-11-18/h2-6,9,16H,7-8,10-11H2,1H3. The van der Waals surface area contributed by atoms with Gasteiger partial charge in [-0.1, -0.05) is 0 Å². The molecule has 3 rings (SSSR count). The van der Waals surface area contributed by atoms with Crippen LogP contribution in [-0.2, 0) is 0 Å². The first-order valence-electron chi connectivity index (χ1n) is 6.98. The molecule has 0 radical (unpaired) electrons. The third-order valence-electron chi connectivity index (χ3n) is 3.55. The molecule has 21 heavy (non-hydrogen) atoms. The maximum atomic E-state index is 12.3. The number of carbonyl (C=O) groups excluding carboxylic acids is 1. The Morgan fingerprint density at radius 1 is 1.19 bits per heavy atom. The van der Waals surface area contributed by atoms with E-state index >= 15 is 0 Å². The summed E-state index contributed by atoms with van der Waals surface area (Å²) in [5, 5.41) is 7.61. The number of nitrogens with zero attached hydrogens (tertiary/aromatic N) is 3. The Balaban J connectivity index is 1.77. The van der Waals surface area contributed by atoms with Crippen molar-refractivity contribution in [1.82, 2.24) is 20.0 Å². The summed E-state index contributed by atoms with van der Waals surface area (Å²) in [6.45, 7) is 3.14. The number of amides is 1. The third kappa shape index (κ3) is 2.90. The lowest BCUT2D eigenvalue weighted by Crippen LogP contribution is -2.46. The summed E-state index contributed by atoms with van der Waals surface area (Å²) in [6.07, 6.45) is 1.80. The fourth-order valence-corrected chi connectivity index (χ4v) is 2.35. The number of methoxy groups -OCH3 is 1. The number of piperazine rings is 1. The van der Waals surface area contributed by atoms with E-state index in [2.05, 4.69) is 10.4 Å². The molecule has 0 aliphatic carbocycles. The second kappa shape index (κ2) is 5.97. The van der Waals surface area contributed by atoms with Crippen molar-refractivity contribution in [2.75, 3.05) is 33.3 Å². The molecule has 6 nitrogen and oxygen atoms in total. The van der Waals surface area contributed by atoms with Gasteiger partial charge in [-0.3, -0.25) is 4.79 Å². The van der Waals surface area contributed by atoms with Gasteiger partial charge in [0, 0.05) is 32.4 Å². The summed E-state index contributed by atoms with van der Waals surface area (Å²) in [6, 6.07) is 9.31. The number of hydrogen-bond donors (Lipinski definition) is 1. The number of hydrogen-bond acceptors (Lipinski definition) is 4. The van der Waals surface area contributed by atoms with Crippen LogP contribution in [-0.4, -0.2) is 53.9 Å². The summed E-state index contributed by atoms with van der Waals surface area (Å²) in [5.74, 6) is 0.784. The first kappa shape index (κ1) is 13.6. The molecule has 0 saturated carbocycles. The molecule has 1 fully saturated rings. The Kier molecular flexibility index (Phi) is 3.87. The van der Waals surface area contributed by atoms with Crippen molar-refractivity contribution in [2.45, 2.75) is 0 Å². The van der Waals surface area contributed by atoms with Gasteiger partial charge in [0.05, 0.1) is 12.8 Å². The molecule has 6 heteroatoms. The lowest BCUT2D eigenvalue weighted by atomic mass is 10.3. The number of benzene rings is 1. The van der Waals surface area contributed by atoms with Crippen molar-refractivity contribution in [1.29, 1.82) is 0 Å². The van der Waals surface area contributed by atoms with Gasteiger partial charge in [0.2, 0.25) is 0 Å². The van der Waals surface area contributed by atoms with Crippen molar-refractivity contribution in [3.8, 4) is 11.4 Å². The Hall–Kier alpha value is -2.34. The van der Waals surface area contributed by atoms with Crippen LogP contribution in [0.3, 0.4) is 0 Å². The molecule has 0 bridgehead atoms. The topological polar surface area (TPSA) is 59.4 Å². The molecule has 1 aliphatic heterocycles. The van der Waals surface area contributed by atoms with Crippen LogP contribution in [0.15, 0.2) is 36.5 Å². The normalized spacial score (nSPS) is 15.0. The molecule has 1 amide bonds. The van der Waals surface area contributed by atoms with Crippen LogP contribution in [0.25, 0.3) is 5.69 Å². The molecule has 0 unspecified atom stereocenters. The summed E-state index contributed by atoms with van der Waals surface area (Å²) in [7, 11) is 1.63. The van der Waals surface area contributed by atoms with Gasteiger partial charge in [0.15, 0.2) is 5.69 Å². The molecule has 110 valence electrons. The Labute approximate surface area is 123 Å². The van der Waals surface area contributed by atoms with E-state index in [0.29, 0.717) is 5.69 Å². The van der Waals surface area contributed by atoms with Crippen molar-refractivity contribution in [3.63, 3.8) is 0 Å². The van der Waals surface area contributed by atoms with Crippen molar-refractivity contribution in [2.24, 2.45) is 0 Å². The Bertz CT molecular complexity index is 615. The van der Waals surface area contributed by atoms with Crippen LogP contribution in [0.1, 0.15) is 10.5 Å². The van der Waals surface area contributed by atoms with Crippen LogP contribution in [0.4, 0.5) is 0 Å². The molecule has 1 aromatic carbocycles. The van der Waals surface area contributed by atoms with E-state index in [1.54, 1.807) is 24.1 Å². The predicted octanol–water partition coefficient (Wildman–Crippen LogP) is 0.926. The maximum absolute atomic E-state index is 12.3. The van der Waals surface area contributed by atoms with E-state index in [1.807, 2.05) is 29.2 Å². The third-order valence-corrected chi connectivity index (χ3v) is 3.55. The number of carbonyl (C=O) groups is 1. The van der Waals surface area contributed by atoms with Gasteiger partial charge >= 0.3 is 0 Å². The molecule has 1 N–H and O–H groups in total. The highest BCUT2D eigenvalue weighted by Gasteiger charge is 2.20. The molecule has 0 atom stereocenters. The number of aromatic nitrogens is 2. The van der Waals surface area contributed by atoms with Crippen LogP contribution in [0.5, 0.6) is 5.75 Å². The van der Waals surface area contributed by atoms with Crippen LogP contribution < -0.4 is 10.1 Å². The number of ether oxygens (including phenoxy) is 1. The second-order valence-electron chi connectivity index (χ2n) is 4.89. The minimum atomic E-state index is -0.0104. The van der Waals surface area contributed by atoms with E-state index in [1.165, 1.54) is 0 Å². The highest BCUT2D eigenvalue weighted by molar-refractivity contribution is 5.92. The molecule has 0 spiro atoms. The predicted molar refractivity (Wildman–Crippen MR) is 78.9 cm³/mol. The van der Waals surface area contributed by atoms with Crippen molar-refractivity contribution in [3.05, 3.63) is 42.2 Å². The second-order valence-corrected chi connectivity index (χ2v) is 4.89. The van der Waals surface area contributed by atoms with Crippen LogP contribution >= 0.6 is 0 Å². The molecule has 2 aromatic rings. The largest absolute Gasteiger partial charge is 0.497 e. The maximum Gasteiger partial charge on any atom is 0.274 e. The van der Waals surface area contributed by atoms with Gasteiger partial charge in [0.1, 0.15) is 5.75 Å². The van der Waals surface area contributed by atoms with E-state index in [0.717, 1.165) is 37.6 Å². The average Bonchev–Trinajstić information content (AvgIpc) is 3.05. The van der Waals surface area contributed by atoms with Gasteiger partial charge in [-0.25, -0.2) is 4.68 Å². The first-order chi connectivity index (χ1) is 10.3. The zero-order valence-corrected chi connectivity index (χ0v) is 12.0. The zero-order chi connectivity index (χ0) is 14.7. The smallest absolute Gasteiger partial charge is 0.274 e. The summed E-state index contributed by atoms with van der Waals surface area (Å²) in [5.41, 5.74) is 1.38. The minimum Gasteiger partial charge on any atom is -0.497 e. The number of rotatable bonds is 3. The fourth-order valence-electron chi connectivity index (χ4n) is 2.35. The summed E-state index contributed by atoms with van der Waals surface area (Å²) >= 11 is 0. The fraction of sp³-hybridized carbons (Fsp3) is 0.333. The average molecular weight is 286 g/mol. The SMILES string of the molecule is COc1ccc(-n2ccc(C(=O)N3CCNCC3)n2)cc1. The van der Waals surface area contributed by atoms with Gasteiger partial charge in [-0.05, 0) is 30.3 Å². The van der Waals surface area contributed by atoms with E-state index in [-0.39, 0.29) is 5.91 Å². The molecule has 1 aromatic heterocycles. The molecule has 1 saturated heterocycles. The Morgan fingerprint density at radius 2 is 1.90 bits per heavy atom. The molecular weight excluding hydrogens is 268 g/mol. The van der Waals surface area contributed by atoms with E-state index < -0.39 is 0 Å². The van der Waals surface area contributed by atoms with E-state index in [9.17, 15) is 4.79 Å². The van der Waals surface area contributed by atoms with Crippen LogP contribution in [0, 0.1) is 0 Å². The first-order valence-corrected chi connectivity index (χ1v) is 6.98. The lowest BCUT2D eigenvalue weighted by Gasteiger charge is -2.26. The monoisotopic (exact) mass is 286 g/mol. The van der Waals surface area contributed by atoms with Gasteiger partial charge < -0.3 is 15.0 Å². The summed E-state index contributed by atoms with van der Waals surface area (Å²) in [4.78, 5) is 14.2.